The molecule has 0 aromatic heterocycles. The summed E-state index contributed by atoms with van der Waals surface area (Å²) in [5.41, 5.74) is 0.727. The van der Waals surface area contributed by atoms with Crippen molar-refractivity contribution in [1.29, 1.82) is 0 Å². The third kappa shape index (κ3) is 3.50. The number of ether oxygens (including phenoxy) is 1. The number of anilines is 1. The largest absolute Gasteiger partial charge is 0.464 e. The van der Waals surface area contributed by atoms with Gasteiger partial charge in [0.1, 0.15) is 6.04 Å². The van der Waals surface area contributed by atoms with E-state index in [9.17, 15) is 9.59 Å². The van der Waals surface area contributed by atoms with Gasteiger partial charge in [-0.05, 0) is 38.3 Å². The van der Waals surface area contributed by atoms with E-state index in [1.54, 1.807) is 11.8 Å². The van der Waals surface area contributed by atoms with E-state index in [-0.39, 0.29) is 12.0 Å². The van der Waals surface area contributed by atoms with Crippen molar-refractivity contribution in [2.45, 2.75) is 32.2 Å². The third-order valence-electron chi connectivity index (χ3n) is 3.35. The van der Waals surface area contributed by atoms with E-state index < -0.39 is 6.04 Å². The van der Waals surface area contributed by atoms with E-state index >= 15 is 0 Å². The summed E-state index contributed by atoms with van der Waals surface area (Å²) in [7, 11) is 0. The topological polar surface area (TPSA) is 58.6 Å². The minimum atomic E-state index is -0.465. The fourth-order valence-electron chi connectivity index (χ4n) is 2.37. The van der Waals surface area contributed by atoms with Crippen LogP contribution in [0.1, 0.15) is 26.2 Å². The van der Waals surface area contributed by atoms with Gasteiger partial charge in [-0.15, -0.1) is 0 Å². The predicted octanol–water partition coefficient (Wildman–Crippen LogP) is 2.64. The number of esters is 1. The van der Waals surface area contributed by atoms with Crippen LogP contribution in [0.4, 0.5) is 10.5 Å². The number of rotatable bonds is 3. The molecule has 1 atom stereocenters. The maximum absolute atomic E-state index is 12.3. The molecule has 5 heteroatoms. The number of hydrogen-bond donors (Lipinski definition) is 1. The minimum absolute atomic E-state index is 0.242. The Bertz CT molecular complexity index is 461. The smallest absolute Gasteiger partial charge is 0.328 e. The second kappa shape index (κ2) is 6.93. The van der Waals surface area contributed by atoms with E-state index in [4.69, 9.17) is 4.74 Å². The molecule has 1 heterocycles. The number of nitrogens with zero attached hydrogens (tertiary/aromatic N) is 1. The highest BCUT2D eigenvalue weighted by molar-refractivity contribution is 5.92. The Balaban J connectivity index is 2.03. The van der Waals surface area contributed by atoms with Gasteiger partial charge in [0.05, 0.1) is 6.61 Å². The zero-order chi connectivity index (χ0) is 14.4. The highest BCUT2D eigenvalue weighted by Crippen LogP contribution is 2.19. The lowest BCUT2D eigenvalue weighted by Gasteiger charge is -2.33. The summed E-state index contributed by atoms with van der Waals surface area (Å²) in [5, 5.41) is 2.82. The zero-order valence-electron chi connectivity index (χ0n) is 11.7. The minimum Gasteiger partial charge on any atom is -0.464 e. The van der Waals surface area contributed by atoms with Crippen molar-refractivity contribution in [1.82, 2.24) is 4.90 Å². The number of likely N-dealkylation sites (tertiary alicyclic amines) is 1. The first-order valence-electron chi connectivity index (χ1n) is 7.01. The van der Waals surface area contributed by atoms with Crippen LogP contribution in [0.25, 0.3) is 0 Å². The number of amides is 2. The van der Waals surface area contributed by atoms with Gasteiger partial charge in [-0.25, -0.2) is 9.59 Å². The van der Waals surface area contributed by atoms with E-state index in [1.807, 2.05) is 30.3 Å². The molecule has 0 radical (unpaired) electrons. The van der Waals surface area contributed by atoms with Crippen LogP contribution in [-0.2, 0) is 9.53 Å². The molecule has 0 saturated carbocycles. The summed E-state index contributed by atoms with van der Waals surface area (Å²) < 4.78 is 5.05. The molecular formula is C15H20N2O3. The molecule has 1 aromatic carbocycles. The lowest BCUT2D eigenvalue weighted by Crippen LogP contribution is -2.50. The molecule has 1 aliphatic heterocycles. The fraction of sp³-hybridized carbons (Fsp3) is 0.467. The molecule has 0 spiro atoms. The van der Waals surface area contributed by atoms with Crippen molar-refractivity contribution < 1.29 is 14.3 Å². The molecule has 0 bridgehead atoms. The average molecular weight is 276 g/mol. The van der Waals surface area contributed by atoms with Crippen molar-refractivity contribution in [2.75, 3.05) is 18.5 Å². The molecule has 2 rings (SSSR count). The number of hydrogen-bond acceptors (Lipinski definition) is 3. The van der Waals surface area contributed by atoms with Crippen molar-refractivity contribution in [2.24, 2.45) is 0 Å². The lowest BCUT2D eigenvalue weighted by molar-refractivity contribution is -0.149. The lowest BCUT2D eigenvalue weighted by atomic mass is 10.0. The molecule has 1 aromatic rings. The number of benzene rings is 1. The van der Waals surface area contributed by atoms with Crippen LogP contribution in [0.15, 0.2) is 30.3 Å². The summed E-state index contributed by atoms with van der Waals surface area (Å²) in [6.45, 7) is 2.70. The second-order valence-corrected chi connectivity index (χ2v) is 4.75. The molecule has 1 fully saturated rings. The summed E-state index contributed by atoms with van der Waals surface area (Å²) in [5.74, 6) is -0.310. The normalized spacial score (nSPS) is 18.4. The van der Waals surface area contributed by atoms with Gasteiger partial charge in [0, 0.05) is 12.2 Å². The van der Waals surface area contributed by atoms with Crippen LogP contribution in [0.3, 0.4) is 0 Å². The van der Waals surface area contributed by atoms with Crippen LogP contribution >= 0.6 is 0 Å². The summed E-state index contributed by atoms with van der Waals surface area (Å²) >= 11 is 0. The van der Waals surface area contributed by atoms with Crippen LogP contribution in [0.5, 0.6) is 0 Å². The van der Waals surface area contributed by atoms with E-state index in [1.165, 1.54) is 0 Å². The van der Waals surface area contributed by atoms with Gasteiger partial charge < -0.3 is 15.0 Å². The maximum Gasteiger partial charge on any atom is 0.328 e. The fourth-order valence-corrected chi connectivity index (χ4v) is 2.37. The zero-order valence-corrected chi connectivity index (χ0v) is 11.7. The first-order valence-corrected chi connectivity index (χ1v) is 7.01. The average Bonchev–Trinajstić information content (AvgIpc) is 2.48. The Labute approximate surface area is 118 Å². The van der Waals surface area contributed by atoms with Crippen molar-refractivity contribution in [3.63, 3.8) is 0 Å². The SMILES string of the molecule is CCOC(=O)C1CCCCN1C(=O)Nc1ccccc1. The van der Waals surface area contributed by atoms with Gasteiger partial charge in [-0.3, -0.25) is 0 Å². The van der Waals surface area contributed by atoms with Gasteiger partial charge in [-0.2, -0.15) is 0 Å². The quantitative estimate of drug-likeness (QED) is 0.863. The number of piperidine rings is 1. The van der Waals surface area contributed by atoms with Gasteiger partial charge in [0.25, 0.3) is 0 Å². The van der Waals surface area contributed by atoms with E-state index in [2.05, 4.69) is 5.32 Å². The van der Waals surface area contributed by atoms with E-state index in [0.717, 1.165) is 18.5 Å². The van der Waals surface area contributed by atoms with Crippen LogP contribution in [-0.4, -0.2) is 36.1 Å². The predicted molar refractivity (Wildman–Crippen MR) is 76.4 cm³/mol. The van der Waals surface area contributed by atoms with Crippen LogP contribution < -0.4 is 5.32 Å². The Hall–Kier alpha value is -2.04. The number of urea groups is 1. The molecule has 0 aliphatic carbocycles. The molecule has 2 amide bonds. The Morgan fingerprint density at radius 2 is 2.05 bits per heavy atom. The monoisotopic (exact) mass is 276 g/mol. The first-order chi connectivity index (χ1) is 9.72. The van der Waals surface area contributed by atoms with Gasteiger partial charge in [0.15, 0.2) is 0 Å². The molecule has 1 saturated heterocycles. The first kappa shape index (κ1) is 14.4. The number of nitrogens with one attached hydrogen (secondary N) is 1. The van der Waals surface area contributed by atoms with Crippen molar-refractivity contribution in [3.05, 3.63) is 30.3 Å². The van der Waals surface area contributed by atoms with Crippen molar-refractivity contribution in [3.8, 4) is 0 Å². The van der Waals surface area contributed by atoms with E-state index in [0.29, 0.717) is 19.6 Å². The maximum atomic E-state index is 12.3. The molecule has 5 nitrogen and oxygen atoms in total. The summed E-state index contributed by atoms with van der Waals surface area (Å²) in [4.78, 5) is 25.8. The van der Waals surface area contributed by atoms with Gasteiger partial charge in [0.2, 0.25) is 0 Å². The molecule has 1 N–H and O–H groups in total. The van der Waals surface area contributed by atoms with Crippen LogP contribution in [0.2, 0.25) is 0 Å². The molecule has 20 heavy (non-hydrogen) atoms. The molecule has 1 aliphatic rings. The number of para-hydroxylation sites is 1. The molecule has 108 valence electrons. The Kier molecular flexibility index (Phi) is 4.98. The summed E-state index contributed by atoms with van der Waals surface area (Å²) in [6, 6.07) is 8.53. The number of carbonyl (C=O) groups is 2. The Morgan fingerprint density at radius 3 is 2.75 bits per heavy atom. The van der Waals surface area contributed by atoms with Gasteiger partial charge >= 0.3 is 12.0 Å². The Morgan fingerprint density at radius 1 is 1.30 bits per heavy atom. The second-order valence-electron chi connectivity index (χ2n) is 4.75. The highest BCUT2D eigenvalue weighted by atomic mass is 16.5. The third-order valence-corrected chi connectivity index (χ3v) is 3.35. The summed E-state index contributed by atoms with van der Waals surface area (Å²) in [6.07, 6.45) is 2.53. The van der Waals surface area contributed by atoms with Crippen molar-refractivity contribution >= 4 is 17.7 Å². The molecule has 1 unspecified atom stereocenters. The standard InChI is InChI=1S/C15H20N2O3/c1-2-20-14(18)13-10-6-7-11-17(13)15(19)16-12-8-4-3-5-9-12/h3-5,8-9,13H,2,6-7,10-11H2,1H3,(H,16,19). The molecular weight excluding hydrogens is 256 g/mol. The number of carbonyl (C=O) groups excluding carboxylic acids is 2. The van der Waals surface area contributed by atoms with Gasteiger partial charge in [-0.1, -0.05) is 18.2 Å². The highest BCUT2D eigenvalue weighted by Gasteiger charge is 2.33. The van der Waals surface area contributed by atoms with Crippen LogP contribution in [0, 0.1) is 0 Å².